The molecule has 0 fully saturated rings. The largest absolute Gasteiger partial charge is 0.327 e. The molecule has 0 amide bonds. The van der Waals surface area contributed by atoms with Gasteiger partial charge in [-0.25, -0.2) is 0 Å². The fourth-order valence-corrected chi connectivity index (χ4v) is 2.74. The van der Waals surface area contributed by atoms with E-state index in [9.17, 15) is 4.79 Å². The minimum Gasteiger partial charge on any atom is -0.327 e. The number of fused-ring (bicyclic) bond motifs is 1. The van der Waals surface area contributed by atoms with Crippen molar-refractivity contribution in [2.75, 3.05) is 0 Å². The quantitative estimate of drug-likeness (QED) is 0.914. The molecule has 0 spiro atoms. The van der Waals surface area contributed by atoms with E-state index in [4.69, 9.17) is 5.73 Å². The molecular weight excluding hydrogens is 260 g/mol. The lowest BCUT2D eigenvalue weighted by Crippen LogP contribution is -2.29. The number of aromatic nitrogens is 1. The summed E-state index contributed by atoms with van der Waals surface area (Å²) in [5.41, 5.74) is 8.22. The van der Waals surface area contributed by atoms with Crippen LogP contribution in [0.15, 0.2) is 36.5 Å². The van der Waals surface area contributed by atoms with Crippen LogP contribution in [0.3, 0.4) is 0 Å². The van der Waals surface area contributed by atoms with Gasteiger partial charge in [0.15, 0.2) is 0 Å². The summed E-state index contributed by atoms with van der Waals surface area (Å²) in [7, 11) is 0. The molecular formula is C18H24N2O. The molecule has 1 unspecified atom stereocenters. The van der Waals surface area contributed by atoms with Gasteiger partial charge in [-0.2, -0.15) is 0 Å². The van der Waals surface area contributed by atoms with Crippen LogP contribution in [-0.2, 0) is 11.2 Å². The molecule has 3 nitrogen and oxygen atoms in total. The number of hydrogen-bond donors (Lipinski definition) is 1. The number of rotatable bonds is 5. The van der Waals surface area contributed by atoms with Gasteiger partial charge in [0.1, 0.15) is 5.78 Å². The molecule has 1 atom stereocenters. The van der Waals surface area contributed by atoms with E-state index in [-0.39, 0.29) is 17.2 Å². The molecule has 0 aliphatic heterocycles. The van der Waals surface area contributed by atoms with Gasteiger partial charge < -0.3 is 5.73 Å². The first kappa shape index (κ1) is 15.6. The highest BCUT2D eigenvalue weighted by molar-refractivity contribution is 5.89. The smallest absolute Gasteiger partial charge is 0.138 e. The third-order valence-electron chi connectivity index (χ3n) is 3.49. The minimum absolute atomic E-state index is 0.0643. The number of pyridine rings is 1. The topological polar surface area (TPSA) is 56.0 Å². The molecule has 2 rings (SSSR count). The number of hydrogen-bond acceptors (Lipinski definition) is 3. The lowest BCUT2D eigenvalue weighted by atomic mass is 9.86. The first-order valence-corrected chi connectivity index (χ1v) is 7.45. The molecule has 0 saturated carbocycles. The Morgan fingerprint density at radius 1 is 1.24 bits per heavy atom. The summed E-state index contributed by atoms with van der Waals surface area (Å²) >= 11 is 0. The van der Waals surface area contributed by atoms with Crippen molar-refractivity contribution in [3.05, 3.63) is 42.1 Å². The van der Waals surface area contributed by atoms with Crippen molar-refractivity contribution in [2.45, 2.75) is 46.1 Å². The normalized spacial score (nSPS) is 13.3. The van der Waals surface area contributed by atoms with Crippen LogP contribution in [0.5, 0.6) is 0 Å². The number of carbonyl (C=O) groups is 1. The van der Waals surface area contributed by atoms with Crippen LogP contribution in [0, 0.1) is 5.41 Å². The summed E-state index contributed by atoms with van der Waals surface area (Å²) in [5.74, 6) is 0.197. The Hall–Kier alpha value is -1.74. The van der Waals surface area contributed by atoms with Crippen molar-refractivity contribution in [1.29, 1.82) is 0 Å². The lowest BCUT2D eigenvalue weighted by Gasteiger charge is -2.22. The number of para-hydroxylation sites is 1. The van der Waals surface area contributed by atoms with E-state index < -0.39 is 0 Å². The van der Waals surface area contributed by atoms with Crippen LogP contribution in [0.2, 0.25) is 0 Å². The maximum atomic E-state index is 12.3. The molecule has 112 valence electrons. The molecule has 0 aliphatic rings. The van der Waals surface area contributed by atoms with E-state index in [1.165, 1.54) is 0 Å². The van der Waals surface area contributed by atoms with Gasteiger partial charge in [-0.3, -0.25) is 9.78 Å². The van der Waals surface area contributed by atoms with E-state index >= 15 is 0 Å². The second-order valence-electron chi connectivity index (χ2n) is 6.93. The number of nitrogens with zero attached hydrogens (tertiary/aromatic N) is 1. The Kier molecular flexibility index (Phi) is 4.73. The zero-order chi connectivity index (χ0) is 15.5. The first-order valence-electron chi connectivity index (χ1n) is 7.45. The molecule has 0 aliphatic carbocycles. The lowest BCUT2D eigenvalue weighted by molar-refractivity contribution is -0.118. The molecule has 2 N–H and O–H groups in total. The van der Waals surface area contributed by atoms with Gasteiger partial charge in [0.05, 0.1) is 5.52 Å². The third-order valence-corrected chi connectivity index (χ3v) is 3.49. The summed E-state index contributed by atoms with van der Waals surface area (Å²) in [4.78, 5) is 16.6. The number of carbonyl (C=O) groups excluding carboxylic acids is 1. The maximum Gasteiger partial charge on any atom is 0.138 e. The van der Waals surface area contributed by atoms with Crippen molar-refractivity contribution in [1.82, 2.24) is 4.98 Å². The number of ketones is 1. The van der Waals surface area contributed by atoms with Crippen molar-refractivity contribution in [2.24, 2.45) is 11.1 Å². The summed E-state index contributed by atoms with van der Waals surface area (Å²) in [5, 5.41) is 1.05. The predicted octanol–water partition coefficient (Wildman–Crippen LogP) is 3.50. The van der Waals surface area contributed by atoms with Gasteiger partial charge in [0, 0.05) is 30.5 Å². The standard InChI is InChI=1S/C18H24N2O/c1-18(2,3)12-14(19)11-15(21)10-13-8-9-20-17-7-5-4-6-16(13)17/h4-9,14H,10-12,19H2,1-3H3. The first-order chi connectivity index (χ1) is 9.85. The fraction of sp³-hybridized carbons (Fsp3) is 0.444. The molecule has 0 saturated heterocycles. The van der Waals surface area contributed by atoms with Gasteiger partial charge in [-0.05, 0) is 29.5 Å². The van der Waals surface area contributed by atoms with Crippen LogP contribution in [0.25, 0.3) is 10.9 Å². The molecule has 0 bridgehead atoms. The summed E-state index contributed by atoms with van der Waals surface area (Å²) < 4.78 is 0. The Balaban J connectivity index is 2.05. The second kappa shape index (κ2) is 6.35. The van der Waals surface area contributed by atoms with Crippen LogP contribution >= 0.6 is 0 Å². The summed E-state index contributed by atoms with van der Waals surface area (Å²) in [6.07, 6.45) is 3.49. The fourth-order valence-electron chi connectivity index (χ4n) is 2.74. The molecule has 0 radical (unpaired) electrons. The van der Waals surface area contributed by atoms with Crippen molar-refractivity contribution in [3.8, 4) is 0 Å². The third kappa shape index (κ3) is 4.64. The van der Waals surface area contributed by atoms with E-state index in [1.807, 2.05) is 30.3 Å². The Bertz CT molecular complexity index is 623. The van der Waals surface area contributed by atoms with Crippen LogP contribution in [-0.4, -0.2) is 16.8 Å². The van der Waals surface area contributed by atoms with Crippen molar-refractivity contribution >= 4 is 16.7 Å². The monoisotopic (exact) mass is 284 g/mol. The maximum absolute atomic E-state index is 12.3. The molecule has 1 heterocycles. The molecule has 1 aromatic carbocycles. The SMILES string of the molecule is CC(C)(C)CC(N)CC(=O)Cc1ccnc2ccccc12. The van der Waals surface area contributed by atoms with Gasteiger partial charge in [-0.15, -0.1) is 0 Å². The van der Waals surface area contributed by atoms with Gasteiger partial charge >= 0.3 is 0 Å². The van der Waals surface area contributed by atoms with Crippen LogP contribution < -0.4 is 5.73 Å². The minimum atomic E-state index is -0.0643. The molecule has 21 heavy (non-hydrogen) atoms. The highest BCUT2D eigenvalue weighted by atomic mass is 16.1. The Labute approximate surface area is 126 Å². The van der Waals surface area contributed by atoms with Gasteiger partial charge in [0.2, 0.25) is 0 Å². The summed E-state index contributed by atoms with van der Waals surface area (Å²) in [6.45, 7) is 6.44. The number of Topliss-reactive ketones (excluding diaryl/α,β-unsaturated/α-hetero) is 1. The summed E-state index contributed by atoms with van der Waals surface area (Å²) in [6, 6.07) is 9.78. The highest BCUT2D eigenvalue weighted by Crippen LogP contribution is 2.22. The van der Waals surface area contributed by atoms with Crippen molar-refractivity contribution < 1.29 is 4.79 Å². The van der Waals surface area contributed by atoms with E-state index in [0.29, 0.717) is 12.8 Å². The number of benzene rings is 1. The second-order valence-corrected chi connectivity index (χ2v) is 6.93. The van der Waals surface area contributed by atoms with Crippen LogP contribution in [0.4, 0.5) is 0 Å². The molecule has 2 aromatic rings. The number of nitrogens with two attached hydrogens (primary N) is 1. The zero-order valence-electron chi connectivity index (χ0n) is 13.1. The predicted molar refractivity (Wildman–Crippen MR) is 87.1 cm³/mol. The van der Waals surface area contributed by atoms with E-state index in [0.717, 1.165) is 22.9 Å². The van der Waals surface area contributed by atoms with Crippen molar-refractivity contribution in [3.63, 3.8) is 0 Å². The highest BCUT2D eigenvalue weighted by Gasteiger charge is 2.18. The molecule has 1 aromatic heterocycles. The average molecular weight is 284 g/mol. The van der Waals surface area contributed by atoms with E-state index in [2.05, 4.69) is 25.8 Å². The van der Waals surface area contributed by atoms with Gasteiger partial charge in [-0.1, -0.05) is 39.0 Å². The van der Waals surface area contributed by atoms with Crippen LogP contribution in [0.1, 0.15) is 39.2 Å². The van der Waals surface area contributed by atoms with Gasteiger partial charge in [0.25, 0.3) is 0 Å². The average Bonchev–Trinajstić information content (AvgIpc) is 2.36. The zero-order valence-corrected chi connectivity index (χ0v) is 13.1. The molecule has 3 heteroatoms. The van der Waals surface area contributed by atoms with E-state index in [1.54, 1.807) is 6.20 Å². The Morgan fingerprint density at radius 2 is 1.95 bits per heavy atom. The Morgan fingerprint density at radius 3 is 2.67 bits per heavy atom.